The molecule has 1 aromatic carbocycles. The number of isocyanates is 1. The fraction of sp³-hybridized carbons (Fsp3) is 0.417. The van der Waals surface area contributed by atoms with E-state index >= 15 is 0 Å². The summed E-state index contributed by atoms with van der Waals surface area (Å²) in [5, 5.41) is 0.518. The first-order valence-electron chi connectivity index (χ1n) is 5.25. The van der Waals surface area contributed by atoms with Crippen molar-refractivity contribution in [2.75, 3.05) is 7.11 Å². The van der Waals surface area contributed by atoms with Crippen LogP contribution in [0, 0.1) is 0 Å². The molecule has 0 amide bonds. The number of hydrogen-bond acceptors (Lipinski definition) is 3. The van der Waals surface area contributed by atoms with Crippen LogP contribution < -0.4 is 4.74 Å². The normalized spacial score (nSPS) is 16.9. The molecular weight excluding hydrogens is 305 g/mol. The Balaban J connectivity index is 2.60. The number of ether oxygens (including phenoxy) is 1. The molecule has 0 N–H and O–H groups in total. The van der Waals surface area contributed by atoms with Crippen LogP contribution in [0.2, 0.25) is 5.02 Å². The molecule has 90 valence electrons. The zero-order valence-corrected chi connectivity index (χ0v) is 11.6. The van der Waals surface area contributed by atoms with Crippen LogP contribution in [0.15, 0.2) is 21.6 Å². The van der Waals surface area contributed by atoms with E-state index in [4.69, 9.17) is 16.3 Å². The lowest BCUT2D eigenvalue weighted by Crippen LogP contribution is -2.32. The van der Waals surface area contributed by atoms with Gasteiger partial charge in [0.15, 0.2) is 0 Å². The number of benzene rings is 1. The van der Waals surface area contributed by atoms with Crippen LogP contribution in [0.1, 0.15) is 24.8 Å². The number of aliphatic imine (C=N–C) groups is 1. The van der Waals surface area contributed by atoms with Crippen molar-refractivity contribution in [2.24, 2.45) is 4.99 Å². The molecule has 0 radical (unpaired) electrons. The number of halogens is 2. The average Bonchev–Trinajstić information content (AvgIpc) is 2.22. The number of methoxy groups -OCH3 is 1. The fourth-order valence-electron chi connectivity index (χ4n) is 2.15. The summed E-state index contributed by atoms with van der Waals surface area (Å²) in [6, 6.07) is 3.67. The molecule has 0 aliphatic heterocycles. The van der Waals surface area contributed by atoms with E-state index in [-0.39, 0.29) is 0 Å². The van der Waals surface area contributed by atoms with Gasteiger partial charge in [0, 0.05) is 10.0 Å². The van der Waals surface area contributed by atoms with Crippen LogP contribution in [-0.2, 0) is 10.3 Å². The highest BCUT2D eigenvalue weighted by Crippen LogP contribution is 2.50. The van der Waals surface area contributed by atoms with E-state index in [2.05, 4.69) is 20.9 Å². The highest BCUT2D eigenvalue weighted by atomic mass is 79.9. The van der Waals surface area contributed by atoms with Gasteiger partial charge in [0.2, 0.25) is 6.08 Å². The van der Waals surface area contributed by atoms with E-state index in [1.54, 1.807) is 19.3 Å². The van der Waals surface area contributed by atoms with E-state index in [0.717, 1.165) is 29.3 Å². The summed E-state index contributed by atoms with van der Waals surface area (Å²) < 4.78 is 6.17. The molecule has 0 bridgehead atoms. The third kappa shape index (κ3) is 2.13. The quantitative estimate of drug-likeness (QED) is 0.628. The first kappa shape index (κ1) is 12.6. The van der Waals surface area contributed by atoms with Gasteiger partial charge < -0.3 is 4.74 Å². The highest BCUT2D eigenvalue weighted by molar-refractivity contribution is 9.10. The van der Waals surface area contributed by atoms with E-state index in [1.165, 1.54) is 0 Å². The number of carbonyl (C=O) groups excluding carboxylic acids is 1. The number of nitrogens with zero attached hydrogens (tertiary/aromatic N) is 1. The molecule has 1 saturated carbocycles. The molecule has 17 heavy (non-hydrogen) atoms. The second-order valence-electron chi connectivity index (χ2n) is 4.06. The zero-order valence-electron chi connectivity index (χ0n) is 9.30. The van der Waals surface area contributed by atoms with Gasteiger partial charge in [-0.25, -0.2) is 4.79 Å². The molecule has 1 aromatic rings. The molecule has 5 heteroatoms. The molecule has 1 fully saturated rings. The zero-order chi connectivity index (χ0) is 12.5. The molecule has 0 aromatic heterocycles. The van der Waals surface area contributed by atoms with Crippen LogP contribution in [-0.4, -0.2) is 13.2 Å². The van der Waals surface area contributed by atoms with Crippen molar-refractivity contribution in [2.45, 2.75) is 24.8 Å². The van der Waals surface area contributed by atoms with Gasteiger partial charge in [-0.05, 0) is 31.4 Å². The van der Waals surface area contributed by atoms with Gasteiger partial charge >= 0.3 is 0 Å². The largest absolute Gasteiger partial charge is 0.495 e. The molecule has 3 nitrogen and oxygen atoms in total. The van der Waals surface area contributed by atoms with Gasteiger partial charge in [-0.1, -0.05) is 27.5 Å². The Kier molecular flexibility index (Phi) is 3.57. The summed E-state index contributed by atoms with van der Waals surface area (Å²) in [5.74, 6) is 0.591. The van der Waals surface area contributed by atoms with Gasteiger partial charge in [-0.3, -0.25) is 0 Å². The molecule has 1 aliphatic rings. The smallest absolute Gasteiger partial charge is 0.235 e. The first-order chi connectivity index (χ1) is 8.13. The van der Waals surface area contributed by atoms with Crippen molar-refractivity contribution in [3.05, 3.63) is 27.2 Å². The summed E-state index contributed by atoms with van der Waals surface area (Å²) in [6.45, 7) is 0. The average molecular weight is 317 g/mol. The monoisotopic (exact) mass is 315 g/mol. The Morgan fingerprint density at radius 1 is 1.53 bits per heavy atom. The second-order valence-corrected chi connectivity index (χ2v) is 5.38. The topological polar surface area (TPSA) is 38.7 Å². The van der Waals surface area contributed by atoms with E-state index in [9.17, 15) is 4.79 Å². The SMILES string of the molecule is COc1c(Cl)cc(Br)cc1C1(N=C=O)CCC1. The van der Waals surface area contributed by atoms with Crippen molar-refractivity contribution >= 4 is 33.6 Å². The van der Waals surface area contributed by atoms with E-state index in [0.29, 0.717) is 10.8 Å². The molecule has 1 aliphatic carbocycles. The Labute approximate surface area is 113 Å². The maximum Gasteiger partial charge on any atom is 0.235 e. The molecule has 2 rings (SSSR count). The lowest BCUT2D eigenvalue weighted by molar-refractivity contribution is 0.246. The molecule has 0 spiro atoms. The molecule has 0 saturated heterocycles. The van der Waals surface area contributed by atoms with Crippen molar-refractivity contribution in [1.82, 2.24) is 0 Å². The Hall–Kier alpha value is -0.830. The fourth-order valence-corrected chi connectivity index (χ4v) is 3.04. The van der Waals surface area contributed by atoms with Gasteiger partial charge in [-0.15, -0.1) is 0 Å². The van der Waals surface area contributed by atoms with Crippen LogP contribution in [0.4, 0.5) is 0 Å². The molecule has 0 atom stereocenters. The molecule has 0 heterocycles. The maximum absolute atomic E-state index is 10.6. The van der Waals surface area contributed by atoms with Crippen molar-refractivity contribution < 1.29 is 9.53 Å². The van der Waals surface area contributed by atoms with Crippen LogP contribution in [0.5, 0.6) is 5.75 Å². The minimum atomic E-state index is -0.499. The maximum atomic E-state index is 10.6. The van der Waals surface area contributed by atoms with Crippen molar-refractivity contribution in [1.29, 1.82) is 0 Å². The third-order valence-corrected chi connectivity index (χ3v) is 3.89. The Bertz CT molecular complexity index is 494. The standard InChI is InChI=1S/C12H11BrClNO2/c1-17-11-9(5-8(13)6-10(11)14)12(15-7-16)3-2-4-12/h5-6H,2-4H2,1H3. The highest BCUT2D eigenvalue weighted by Gasteiger charge is 2.41. The van der Waals surface area contributed by atoms with Crippen molar-refractivity contribution in [3.63, 3.8) is 0 Å². The Morgan fingerprint density at radius 3 is 2.71 bits per heavy atom. The third-order valence-electron chi connectivity index (χ3n) is 3.15. The van der Waals surface area contributed by atoms with Crippen molar-refractivity contribution in [3.8, 4) is 5.75 Å². The summed E-state index contributed by atoms with van der Waals surface area (Å²) in [7, 11) is 1.57. The number of hydrogen-bond donors (Lipinski definition) is 0. The van der Waals surface area contributed by atoms with Gasteiger partial charge in [0.1, 0.15) is 11.3 Å². The second kappa shape index (κ2) is 4.81. The predicted molar refractivity (Wildman–Crippen MR) is 69.4 cm³/mol. The lowest BCUT2D eigenvalue weighted by atomic mass is 9.72. The van der Waals surface area contributed by atoms with Crippen LogP contribution in [0.25, 0.3) is 0 Å². The lowest BCUT2D eigenvalue weighted by Gasteiger charge is -2.38. The van der Waals surface area contributed by atoms with Crippen LogP contribution >= 0.6 is 27.5 Å². The molecular formula is C12H11BrClNO2. The molecule has 0 unspecified atom stereocenters. The van der Waals surface area contributed by atoms with Gasteiger partial charge in [-0.2, -0.15) is 4.99 Å². The predicted octanol–water partition coefficient (Wildman–Crippen LogP) is 3.83. The van der Waals surface area contributed by atoms with E-state index in [1.807, 2.05) is 6.07 Å². The van der Waals surface area contributed by atoms with E-state index < -0.39 is 5.54 Å². The summed E-state index contributed by atoms with van der Waals surface area (Å²) in [5.41, 5.74) is 0.356. The summed E-state index contributed by atoms with van der Waals surface area (Å²) >= 11 is 9.52. The van der Waals surface area contributed by atoms with Gasteiger partial charge in [0.25, 0.3) is 0 Å². The summed E-state index contributed by atoms with van der Waals surface area (Å²) in [6.07, 6.45) is 4.35. The van der Waals surface area contributed by atoms with Gasteiger partial charge in [0.05, 0.1) is 12.1 Å². The first-order valence-corrected chi connectivity index (χ1v) is 6.42. The van der Waals surface area contributed by atoms with Crippen LogP contribution in [0.3, 0.4) is 0 Å². The summed E-state index contributed by atoms with van der Waals surface area (Å²) in [4.78, 5) is 14.5. The minimum absolute atomic E-state index is 0.499. The number of rotatable bonds is 3. The Morgan fingerprint density at radius 2 is 2.24 bits per heavy atom. The minimum Gasteiger partial charge on any atom is -0.495 e.